The third kappa shape index (κ3) is 2.81. The normalized spacial score (nSPS) is 10.3. The minimum Gasteiger partial charge on any atom is -0.395 e. The summed E-state index contributed by atoms with van der Waals surface area (Å²) >= 11 is 0. The molecular formula is C10H15FN2O2. The summed E-state index contributed by atoms with van der Waals surface area (Å²) in [6.45, 7) is 0.480. The zero-order valence-electron chi connectivity index (χ0n) is 8.36. The monoisotopic (exact) mass is 214 g/mol. The minimum absolute atomic E-state index is 0.0411. The van der Waals surface area contributed by atoms with Crippen molar-refractivity contribution in [1.29, 1.82) is 0 Å². The third-order valence-corrected chi connectivity index (χ3v) is 2.11. The zero-order valence-corrected chi connectivity index (χ0v) is 8.36. The molecule has 0 spiro atoms. The van der Waals surface area contributed by atoms with Crippen LogP contribution in [0.1, 0.15) is 0 Å². The van der Waals surface area contributed by atoms with Crippen LogP contribution in [0.4, 0.5) is 15.8 Å². The van der Waals surface area contributed by atoms with Gasteiger partial charge in [-0.15, -0.1) is 0 Å². The number of aliphatic hydroxyl groups is 2. The standard InChI is InChI=1S/C10H15FN2O2/c11-8-2-1-3-9(10(8)12)13(4-6-14)5-7-15/h1-3,14-15H,4-7,12H2. The molecule has 0 aliphatic rings. The Bertz CT molecular complexity index is 314. The second-order valence-electron chi connectivity index (χ2n) is 3.11. The quantitative estimate of drug-likeness (QED) is 0.612. The van der Waals surface area contributed by atoms with E-state index in [9.17, 15) is 4.39 Å². The second-order valence-corrected chi connectivity index (χ2v) is 3.11. The summed E-state index contributed by atoms with van der Waals surface area (Å²) < 4.78 is 13.1. The number of hydrogen-bond acceptors (Lipinski definition) is 4. The molecule has 0 heterocycles. The molecule has 0 saturated heterocycles. The summed E-state index contributed by atoms with van der Waals surface area (Å²) in [7, 11) is 0. The lowest BCUT2D eigenvalue weighted by atomic mass is 10.2. The number of hydrogen-bond donors (Lipinski definition) is 3. The van der Waals surface area contributed by atoms with Gasteiger partial charge in [-0.2, -0.15) is 0 Å². The Balaban J connectivity index is 2.94. The molecule has 0 atom stereocenters. The van der Waals surface area contributed by atoms with Gasteiger partial charge in [-0.1, -0.05) is 6.07 Å². The van der Waals surface area contributed by atoms with Gasteiger partial charge in [0, 0.05) is 13.1 Å². The summed E-state index contributed by atoms with van der Waals surface area (Å²) in [5, 5.41) is 17.7. The van der Waals surface area contributed by atoms with Crippen molar-refractivity contribution in [2.24, 2.45) is 0 Å². The first kappa shape index (κ1) is 11.7. The molecule has 0 aliphatic carbocycles. The van der Waals surface area contributed by atoms with Crippen LogP contribution in [0, 0.1) is 5.82 Å². The first-order valence-corrected chi connectivity index (χ1v) is 4.71. The van der Waals surface area contributed by atoms with Gasteiger partial charge < -0.3 is 20.8 Å². The van der Waals surface area contributed by atoms with Gasteiger partial charge in [0.25, 0.3) is 0 Å². The summed E-state index contributed by atoms with van der Waals surface area (Å²) in [6, 6.07) is 4.47. The van der Waals surface area contributed by atoms with E-state index < -0.39 is 5.82 Å². The molecule has 0 aromatic heterocycles. The van der Waals surface area contributed by atoms with Crippen molar-refractivity contribution in [1.82, 2.24) is 0 Å². The van der Waals surface area contributed by atoms with Gasteiger partial charge in [0.05, 0.1) is 24.6 Å². The maximum Gasteiger partial charge on any atom is 0.148 e. The van der Waals surface area contributed by atoms with Crippen LogP contribution in [-0.4, -0.2) is 36.5 Å². The van der Waals surface area contributed by atoms with Crippen LogP contribution in [0.25, 0.3) is 0 Å². The smallest absolute Gasteiger partial charge is 0.148 e. The lowest BCUT2D eigenvalue weighted by Gasteiger charge is -2.24. The molecule has 0 aliphatic heterocycles. The summed E-state index contributed by atoms with van der Waals surface area (Å²) in [4.78, 5) is 1.64. The van der Waals surface area contributed by atoms with Crippen LogP contribution in [0.3, 0.4) is 0 Å². The fourth-order valence-corrected chi connectivity index (χ4v) is 1.40. The van der Waals surface area contributed by atoms with Gasteiger partial charge in [0.2, 0.25) is 0 Å². The average Bonchev–Trinajstić information content (AvgIpc) is 2.22. The van der Waals surface area contributed by atoms with Gasteiger partial charge >= 0.3 is 0 Å². The van der Waals surface area contributed by atoms with Crippen molar-refractivity contribution in [2.45, 2.75) is 0 Å². The number of benzene rings is 1. The molecule has 0 unspecified atom stereocenters. The molecule has 4 N–H and O–H groups in total. The van der Waals surface area contributed by atoms with E-state index in [4.69, 9.17) is 15.9 Å². The molecule has 5 heteroatoms. The van der Waals surface area contributed by atoms with E-state index in [0.29, 0.717) is 18.8 Å². The van der Waals surface area contributed by atoms with Gasteiger partial charge in [0.1, 0.15) is 5.82 Å². The number of anilines is 2. The topological polar surface area (TPSA) is 69.7 Å². The minimum atomic E-state index is -0.492. The van der Waals surface area contributed by atoms with Crippen LogP contribution in [0.5, 0.6) is 0 Å². The Morgan fingerprint density at radius 2 is 1.80 bits per heavy atom. The summed E-state index contributed by atoms with van der Waals surface area (Å²) in [6.07, 6.45) is 0. The third-order valence-electron chi connectivity index (χ3n) is 2.11. The molecule has 15 heavy (non-hydrogen) atoms. The number of aliphatic hydroxyl groups excluding tert-OH is 2. The van der Waals surface area contributed by atoms with E-state index in [2.05, 4.69) is 0 Å². The van der Waals surface area contributed by atoms with E-state index in [1.54, 1.807) is 17.0 Å². The van der Waals surface area contributed by atoms with E-state index in [0.717, 1.165) is 0 Å². The van der Waals surface area contributed by atoms with Gasteiger partial charge in [-0.25, -0.2) is 4.39 Å². The predicted molar refractivity (Wildman–Crippen MR) is 57.2 cm³/mol. The maximum atomic E-state index is 13.1. The number of nitrogen functional groups attached to an aromatic ring is 1. The maximum absolute atomic E-state index is 13.1. The Labute approximate surface area is 87.7 Å². The van der Waals surface area contributed by atoms with Crippen molar-refractivity contribution in [3.05, 3.63) is 24.0 Å². The molecule has 1 aromatic carbocycles. The molecule has 0 fully saturated rings. The highest BCUT2D eigenvalue weighted by Crippen LogP contribution is 2.24. The number of halogens is 1. The van der Waals surface area contributed by atoms with Crippen molar-refractivity contribution >= 4 is 11.4 Å². The van der Waals surface area contributed by atoms with Crippen molar-refractivity contribution in [3.63, 3.8) is 0 Å². The van der Waals surface area contributed by atoms with Gasteiger partial charge in [0.15, 0.2) is 0 Å². The first-order chi connectivity index (χ1) is 7.20. The fraction of sp³-hybridized carbons (Fsp3) is 0.400. The van der Waals surface area contributed by atoms with Crippen LogP contribution in [-0.2, 0) is 0 Å². The highest BCUT2D eigenvalue weighted by molar-refractivity contribution is 5.68. The molecule has 0 bridgehead atoms. The van der Waals surface area contributed by atoms with Crippen molar-refractivity contribution in [2.75, 3.05) is 36.9 Å². The van der Waals surface area contributed by atoms with E-state index in [1.165, 1.54) is 6.07 Å². The predicted octanol–water partition coefficient (Wildman–Crippen LogP) is 0.199. The first-order valence-electron chi connectivity index (χ1n) is 4.71. The van der Waals surface area contributed by atoms with Crippen LogP contribution in [0.2, 0.25) is 0 Å². The largest absolute Gasteiger partial charge is 0.395 e. The van der Waals surface area contributed by atoms with Crippen LogP contribution in [0.15, 0.2) is 18.2 Å². The highest BCUT2D eigenvalue weighted by atomic mass is 19.1. The van der Waals surface area contributed by atoms with E-state index in [1.807, 2.05) is 0 Å². The molecule has 0 amide bonds. The molecule has 1 rings (SSSR count). The van der Waals surface area contributed by atoms with Crippen molar-refractivity contribution in [3.8, 4) is 0 Å². The molecule has 4 nitrogen and oxygen atoms in total. The zero-order chi connectivity index (χ0) is 11.3. The number of nitrogens with two attached hydrogens (primary N) is 1. The second kappa shape index (κ2) is 5.53. The van der Waals surface area contributed by atoms with Crippen LogP contribution >= 0.6 is 0 Å². The summed E-state index contributed by atoms with van der Waals surface area (Å²) in [5.41, 5.74) is 6.10. The summed E-state index contributed by atoms with van der Waals surface area (Å²) in [5.74, 6) is -0.492. The highest BCUT2D eigenvalue weighted by Gasteiger charge is 2.11. The number of para-hydroxylation sites is 1. The molecule has 0 saturated carbocycles. The molecule has 1 aromatic rings. The Hall–Kier alpha value is -1.33. The molecular weight excluding hydrogens is 199 g/mol. The fourth-order valence-electron chi connectivity index (χ4n) is 1.40. The van der Waals surface area contributed by atoms with E-state index in [-0.39, 0.29) is 18.9 Å². The van der Waals surface area contributed by atoms with Crippen molar-refractivity contribution < 1.29 is 14.6 Å². The lowest BCUT2D eigenvalue weighted by molar-refractivity contribution is 0.281. The number of rotatable bonds is 5. The lowest BCUT2D eigenvalue weighted by Crippen LogP contribution is -2.30. The van der Waals surface area contributed by atoms with Crippen LogP contribution < -0.4 is 10.6 Å². The Morgan fingerprint density at radius 1 is 1.20 bits per heavy atom. The SMILES string of the molecule is Nc1c(F)cccc1N(CCO)CCO. The van der Waals surface area contributed by atoms with E-state index >= 15 is 0 Å². The average molecular weight is 214 g/mol. The number of nitrogens with zero attached hydrogens (tertiary/aromatic N) is 1. The Kier molecular flexibility index (Phi) is 4.33. The Morgan fingerprint density at radius 3 is 2.33 bits per heavy atom. The molecule has 0 radical (unpaired) electrons. The molecule has 84 valence electrons. The van der Waals surface area contributed by atoms with Gasteiger partial charge in [-0.05, 0) is 12.1 Å². The van der Waals surface area contributed by atoms with Gasteiger partial charge in [-0.3, -0.25) is 0 Å².